The quantitative estimate of drug-likeness (QED) is 0.306. The molecule has 3 aromatic rings. The fraction of sp³-hybridized carbons (Fsp3) is 0.310. The standard InChI is InChI=1S/C29H34BrN3O4S/c1-4-18-31-29(35)27(5-2)32(20-23-10-7-6-8-11-23)28(34)21-33(25-13-9-12-24(30)19-25)38(36,37)26-16-14-22(3)15-17-26/h6-17,19,27H,4-5,18,20-21H2,1-3H3,(H,31,35)/t27-/m1/s1. The smallest absolute Gasteiger partial charge is 0.264 e. The maximum atomic E-state index is 14.0. The fourth-order valence-corrected chi connectivity index (χ4v) is 5.86. The molecule has 1 atom stereocenters. The van der Waals surface area contributed by atoms with Gasteiger partial charge in [-0.3, -0.25) is 13.9 Å². The van der Waals surface area contributed by atoms with Crippen LogP contribution >= 0.6 is 15.9 Å². The second-order valence-corrected chi connectivity index (χ2v) is 11.8. The summed E-state index contributed by atoms with van der Waals surface area (Å²) >= 11 is 3.41. The summed E-state index contributed by atoms with van der Waals surface area (Å²) in [6.07, 6.45) is 1.15. The van der Waals surface area contributed by atoms with Crippen LogP contribution in [0.4, 0.5) is 5.69 Å². The lowest BCUT2D eigenvalue weighted by molar-refractivity contribution is -0.140. The summed E-state index contributed by atoms with van der Waals surface area (Å²) in [5, 5.41) is 2.89. The Morgan fingerprint density at radius 3 is 2.24 bits per heavy atom. The Bertz CT molecular complexity index is 1330. The minimum absolute atomic E-state index is 0.0817. The maximum absolute atomic E-state index is 14.0. The molecular formula is C29H34BrN3O4S. The highest BCUT2D eigenvalue weighted by Gasteiger charge is 2.33. The van der Waals surface area contributed by atoms with E-state index in [-0.39, 0.29) is 17.3 Å². The number of nitrogens with one attached hydrogen (secondary N) is 1. The van der Waals surface area contributed by atoms with Gasteiger partial charge in [0.1, 0.15) is 12.6 Å². The summed E-state index contributed by atoms with van der Waals surface area (Å²) in [5.41, 5.74) is 2.11. The number of nitrogens with zero attached hydrogens (tertiary/aromatic N) is 2. The summed E-state index contributed by atoms with van der Waals surface area (Å²) in [6.45, 7) is 5.89. The van der Waals surface area contributed by atoms with E-state index in [0.29, 0.717) is 23.1 Å². The van der Waals surface area contributed by atoms with Crippen LogP contribution in [0.3, 0.4) is 0 Å². The number of halogens is 1. The normalized spacial score (nSPS) is 12.0. The van der Waals surface area contributed by atoms with Crippen molar-refractivity contribution in [1.82, 2.24) is 10.2 Å². The Labute approximate surface area is 234 Å². The molecular weight excluding hydrogens is 566 g/mol. The highest BCUT2D eigenvalue weighted by atomic mass is 79.9. The molecule has 3 aromatic carbocycles. The molecule has 9 heteroatoms. The Morgan fingerprint density at radius 1 is 0.947 bits per heavy atom. The van der Waals surface area contributed by atoms with Crippen LogP contribution in [0.25, 0.3) is 0 Å². The molecule has 7 nitrogen and oxygen atoms in total. The zero-order valence-corrected chi connectivity index (χ0v) is 24.3. The van der Waals surface area contributed by atoms with Crippen LogP contribution in [0.15, 0.2) is 88.2 Å². The lowest BCUT2D eigenvalue weighted by Gasteiger charge is -2.33. The number of hydrogen-bond acceptors (Lipinski definition) is 4. The molecule has 0 unspecified atom stereocenters. The third-order valence-electron chi connectivity index (χ3n) is 6.11. The van der Waals surface area contributed by atoms with Gasteiger partial charge in [-0.25, -0.2) is 8.42 Å². The molecule has 202 valence electrons. The molecule has 0 saturated heterocycles. The number of carbonyl (C=O) groups excluding carboxylic acids is 2. The average Bonchev–Trinajstić information content (AvgIpc) is 2.91. The molecule has 0 saturated carbocycles. The molecule has 0 radical (unpaired) electrons. The molecule has 0 aliphatic carbocycles. The van der Waals surface area contributed by atoms with Gasteiger partial charge in [-0.1, -0.05) is 83.9 Å². The highest BCUT2D eigenvalue weighted by Crippen LogP contribution is 2.27. The molecule has 0 fully saturated rings. The topological polar surface area (TPSA) is 86.8 Å². The number of aryl methyl sites for hydroxylation is 1. The molecule has 0 bridgehead atoms. The predicted octanol–water partition coefficient (Wildman–Crippen LogP) is 5.29. The minimum atomic E-state index is -4.09. The van der Waals surface area contributed by atoms with Crippen LogP contribution in [0.5, 0.6) is 0 Å². The van der Waals surface area contributed by atoms with Crippen molar-refractivity contribution in [3.63, 3.8) is 0 Å². The number of sulfonamides is 1. The van der Waals surface area contributed by atoms with Gasteiger partial charge in [0.25, 0.3) is 10.0 Å². The Kier molecular flexibility index (Phi) is 10.5. The first-order valence-corrected chi connectivity index (χ1v) is 14.9. The van der Waals surface area contributed by atoms with Crippen molar-refractivity contribution in [3.05, 3.63) is 94.5 Å². The first-order chi connectivity index (χ1) is 18.2. The van der Waals surface area contributed by atoms with Crippen LogP contribution in [-0.4, -0.2) is 44.3 Å². The highest BCUT2D eigenvalue weighted by molar-refractivity contribution is 9.10. The molecule has 0 aliphatic rings. The monoisotopic (exact) mass is 599 g/mol. The molecule has 0 aromatic heterocycles. The fourth-order valence-electron chi connectivity index (χ4n) is 4.06. The zero-order valence-electron chi connectivity index (χ0n) is 21.9. The van der Waals surface area contributed by atoms with E-state index in [1.54, 1.807) is 36.4 Å². The first kappa shape index (κ1) is 29.4. The number of amides is 2. The second-order valence-electron chi connectivity index (χ2n) is 9.03. The largest absolute Gasteiger partial charge is 0.354 e. The van der Waals surface area contributed by atoms with E-state index < -0.39 is 28.5 Å². The van der Waals surface area contributed by atoms with E-state index in [4.69, 9.17) is 0 Å². The summed E-state index contributed by atoms with van der Waals surface area (Å²) in [5.74, 6) is -0.725. The molecule has 3 rings (SSSR count). The third-order valence-corrected chi connectivity index (χ3v) is 8.40. The average molecular weight is 601 g/mol. The van der Waals surface area contributed by atoms with Crippen molar-refractivity contribution in [2.24, 2.45) is 0 Å². The van der Waals surface area contributed by atoms with Gasteiger partial charge in [0.2, 0.25) is 11.8 Å². The van der Waals surface area contributed by atoms with Crippen molar-refractivity contribution < 1.29 is 18.0 Å². The van der Waals surface area contributed by atoms with E-state index in [9.17, 15) is 18.0 Å². The van der Waals surface area contributed by atoms with E-state index in [2.05, 4.69) is 21.2 Å². The summed E-state index contributed by atoms with van der Waals surface area (Å²) in [6, 6.07) is 22.0. The van der Waals surface area contributed by atoms with Crippen LogP contribution in [0.1, 0.15) is 37.8 Å². The number of rotatable bonds is 12. The molecule has 1 N–H and O–H groups in total. The number of benzene rings is 3. The van der Waals surface area contributed by atoms with Crippen LogP contribution in [0, 0.1) is 6.92 Å². The molecule has 0 heterocycles. The van der Waals surface area contributed by atoms with E-state index in [1.165, 1.54) is 17.0 Å². The van der Waals surface area contributed by atoms with E-state index in [0.717, 1.165) is 21.9 Å². The first-order valence-electron chi connectivity index (χ1n) is 12.6. The van der Waals surface area contributed by atoms with Crippen LogP contribution in [0.2, 0.25) is 0 Å². The second kappa shape index (κ2) is 13.6. The van der Waals surface area contributed by atoms with E-state index in [1.807, 2.05) is 51.1 Å². The molecule has 0 spiro atoms. The summed E-state index contributed by atoms with van der Waals surface area (Å²) in [7, 11) is -4.09. The molecule has 0 aliphatic heterocycles. The molecule has 38 heavy (non-hydrogen) atoms. The summed E-state index contributed by atoms with van der Waals surface area (Å²) < 4.78 is 29.5. The Balaban J connectivity index is 2.04. The molecule has 2 amide bonds. The van der Waals surface area contributed by atoms with Gasteiger partial charge < -0.3 is 10.2 Å². The zero-order chi connectivity index (χ0) is 27.7. The summed E-state index contributed by atoms with van der Waals surface area (Å²) in [4.78, 5) is 28.6. The minimum Gasteiger partial charge on any atom is -0.354 e. The van der Waals surface area contributed by atoms with Crippen molar-refractivity contribution in [3.8, 4) is 0 Å². The van der Waals surface area contributed by atoms with Crippen LogP contribution < -0.4 is 9.62 Å². The predicted molar refractivity (Wildman–Crippen MR) is 154 cm³/mol. The third kappa shape index (κ3) is 7.45. The van der Waals surface area contributed by atoms with Gasteiger partial charge in [-0.05, 0) is 55.7 Å². The van der Waals surface area contributed by atoms with Crippen molar-refractivity contribution in [1.29, 1.82) is 0 Å². The van der Waals surface area contributed by atoms with Gasteiger partial charge in [0.05, 0.1) is 10.6 Å². The number of anilines is 1. The maximum Gasteiger partial charge on any atom is 0.264 e. The van der Waals surface area contributed by atoms with Crippen molar-refractivity contribution in [2.45, 2.75) is 51.1 Å². The number of hydrogen-bond donors (Lipinski definition) is 1. The van der Waals surface area contributed by atoms with Gasteiger partial charge in [0, 0.05) is 17.6 Å². The number of carbonyl (C=O) groups is 2. The van der Waals surface area contributed by atoms with Gasteiger partial charge in [-0.2, -0.15) is 0 Å². The SMILES string of the molecule is CCCNC(=O)[C@@H](CC)N(Cc1ccccc1)C(=O)CN(c1cccc(Br)c1)S(=O)(=O)c1ccc(C)cc1. The lowest BCUT2D eigenvalue weighted by atomic mass is 10.1. The van der Waals surface area contributed by atoms with Gasteiger partial charge in [-0.15, -0.1) is 0 Å². The lowest BCUT2D eigenvalue weighted by Crippen LogP contribution is -2.52. The Morgan fingerprint density at radius 2 is 1.63 bits per heavy atom. The van der Waals surface area contributed by atoms with Crippen molar-refractivity contribution in [2.75, 3.05) is 17.4 Å². The van der Waals surface area contributed by atoms with Gasteiger partial charge >= 0.3 is 0 Å². The van der Waals surface area contributed by atoms with Gasteiger partial charge in [0.15, 0.2) is 0 Å². The van der Waals surface area contributed by atoms with Crippen molar-refractivity contribution >= 4 is 43.5 Å². The van der Waals surface area contributed by atoms with Crippen LogP contribution in [-0.2, 0) is 26.2 Å². The Hall–Kier alpha value is -3.17. The van der Waals surface area contributed by atoms with E-state index >= 15 is 0 Å².